The lowest BCUT2D eigenvalue weighted by atomic mass is 9.72. The highest BCUT2D eigenvalue weighted by Crippen LogP contribution is 2.43. The molecule has 1 amide bonds. The summed E-state index contributed by atoms with van der Waals surface area (Å²) in [6, 6.07) is 16.0. The van der Waals surface area contributed by atoms with Crippen molar-refractivity contribution >= 4 is 17.5 Å². The van der Waals surface area contributed by atoms with Crippen LogP contribution >= 0.6 is 11.6 Å². The van der Waals surface area contributed by atoms with Gasteiger partial charge in [-0.3, -0.25) is 4.79 Å². The second kappa shape index (κ2) is 8.99. The van der Waals surface area contributed by atoms with E-state index in [1.165, 1.54) is 0 Å². The fourth-order valence-corrected chi connectivity index (χ4v) is 5.33. The molecule has 1 heterocycles. The zero-order valence-corrected chi connectivity index (χ0v) is 18.3. The van der Waals surface area contributed by atoms with Crippen LogP contribution in [0.3, 0.4) is 0 Å². The minimum absolute atomic E-state index is 0.128. The van der Waals surface area contributed by atoms with Crippen LogP contribution in [0.15, 0.2) is 48.5 Å². The maximum Gasteiger partial charge on any atom is 0.230 e. The molecule has 160 valence electrons. The first kappa shape index (κ1) is 21.2. The molecule has 1 aliphatic carbocycles. The predicted molar refractivity (Wildman–Crippen MR) is 119 cm³/mol. The molecule has 1 aliphatic heterocycles. The molecule has 1 saturated carbocycles. The monoisotopic (exact) mass is 427 g/mol. The Hall–Kier alpha value is -2.04. The number of ether oxygens (including phenoxy) is 2. The number of carbonyl (C=O) groups excluding carboxylic acids is 1. The summed E-state index contributed by atoms with van der Waals surface area (Å²) in [4.78, 5) is 13.6. The van der Waals surface area contributed by atoms with Gasteiger partial charge in [0.25, 0.3) is 0 Å². The molecule has 1 N–H and O–H groups in total. The van der Waals surface area contributed by atoms with Crippen molar-refractivity contribution in [2.45, 2.75) is 49.4 Å². The third-order valence-electron chi connectivity index (χ3n) is 7.00. The van der Waals surface area contributed by atoms with Crippen LogP contribution in [0.4, 0.5) is 0 Å². The summed E-state index contributed by atoms with van der Waals surface area (Å²) in [5, 5.41) is 4.05. The molecule has 0 unspecified atom stereocenters. The van der Waals surface area contributed by atoms with Gasteiger partial charge in [-0.15, -0.1) is 0 Å². The Morgan fingerprint density at radius 2 is 1.70 bits per heavy atom. The summed E-state index contributed by atoms with van der Waals surface area (Å²) in [6.07, 6.45) is 5.63. The first-order valence-corrected chi connectivity index (χ1v) is 11.2. The zero-order valence-electron chi connectivity index (χ0n) is 17.6. The highest BCUT2D eigenvalue weighted by Gasteiger charge is 2.44. The molecular formula is C25H30ClNO3. The van der Waals surface area contributed by atoms with Crippen LogP contribution in [0.1, 0.15) is 49.7 Å². The topological polar surface area (TPSA) is 47.6 Å². The molecule has 2 aromatic carbocycles. The fourth-order valence-electron chi connectivity index (χ4n) is 5.20. The molecule has 4 nitrogen and oxygen atoms in total. The van der Waals surface area contributed by atoms with Gasteiger partial charge in [0.2, 0.25) is 5.91 Å². The number of nitrogens with one attached hydrogen (secondary N) is 1. The molecule has 0 spiro atoms. The molecule has 0 bridgehead atoms. The summed E-state index contributed by atoms with van der Waals surface area (Å²) < 4.78 is 11.3. The molecule has 30 heavy (non-hydrogen) atoms. The van der Waals surface area contributed by atoms with Crippen molar-refractivity contribution in [1.82, 2.24) is 5.32 Å². The van der Waals surface area contributed by atoms with Gasteiger partial charge in [0.05, 0.1) is 12.5 Å². The van der Waals surface area contributed by atoms with Crippen LogP contribution in [0, 0.1) is 0 Å². The minimum atomic E-state index is -0.461. The van der Waals surface area contributed by atoms with Gasteiger partial charge in [0.15, 0.2) is 0 Å². The minimum Gasteiger partial charge on any atom is -0.496 e. The number of hydrogen-bond donors (Lipinski definition) is 1. The second-order valence-electron chi connectivity index (χ2n) is 8.57. The third kappa shape index (κ3) is 3.95. The maximum absolute atomic E-state index is 13.6. The fraction of sp³-hybridized carbons (Fsp3) is 0.480. The number of rotatable bonds is 6. The first-order valence-electron chi connectivity index (χ1n) is 10.9. The number of methoxy groups -OCH3 is 1. The number of benzene rings is 2. The summed E-state index contributed by atoms with van der Waals surface area (Å²) in [5.41, 5.74) is 1.58. The lowest BCUT2D eigenvalue weighted by molar-refractivity contribution is -0.127. The molecule has 1 saturated heterocycles. The maximum atomic E-state index is 13.6. The molecule has 2 aliphatic rings. The number of hydrogen-bond acceptors (Lipinski definition) is 3. The van der Waals surface area contributed by atoms with E-state index in [1.807, 2.05) is 42.5 Å². The Balaban J connectivity index is 1.60. The molecule has 5 heteroatoms. The summed E-state index contributed by atoms with van der Waals surface area (Å²) in [7, 11) is 1.71. The second-order valence-corrected chi connectivity index (χ2v) is 9.01. The van der Waals surface area contributed by atoms with E-state index >= 15 is 0 Å². The Kier molecular flexibility index (Phi) is 6.35. The van der Waals surface area contributed by atoms with Crippen LogP contribution in [0.2, 0.25) is 5.02 Å². The standard InChI is InChI=1S/C25H30ClNO3/c1-29-22-7-3-2-6-21(22)24(14-16-30-17-15-24)18-27-23(28)25(12-4-5-13-25)19-8-10-20(26)11-9-19/h2-3,6-11H,4-5,12-18H2,1H3,(H,27,28). The van der Waals surface area contributed by atoms with E-state index in [9.17, 15) is 4.79 Å². The Morgan fingerprint density at radius 3 is 2.37 bits per heavy atom. The summed E-state index contributed by atoms with van der Waals surface area (Å²) >= 11 is 6.10. The molecule has 0 radical (unpaired) electrons. The van der Waals surface area contributed by atoms with E-state index < -0.39 is 5.41 Å². The van der Waals surface area contributed by atoms with E-state index in [1.54, 1.807) is 7.11 Å². The Labute approximate surface area is 183 Å². The van der Waals surface area contributed by atoms with E-state index in [-0.39, 0.29) is 11.3 Å². The molecule has 2 fully saturated rings. The number of para-hydroxylation sites is 1. The SMILES string of the molecule is COc1ccccc1C1(CNC(=O)C2(c3ccc(Cl)cc3)CCCC2)CCOCC1. The van der Waals surface area contributed by atoms with Crippen molar-refractivity contribution < 1.29 is 14.3 Å². The van der Waals surface area contributed by atoms with E-state index in [4.69, 9.17) is 21.1 Å². The van der Waals surface area contributed by atoms with E-state index in [0.29, 0.717) is 24.8 Å². The van der Waals surface area contributed by atoms with Gasteiger partial charge in [-0.2, -0.15) is 0 Å². The van der Waals surface area contributed by atoms with E-state index in [0.717, 1.165) is 55.4 Å². The summed E-state index contributed by atoms with van der Waals surface area (Å²) in [5.74, 6) is 1.00. The molecule has 0 atom stereocenters. The van der Waals surface area contributed by atoms with Gasteiger partial charge in [-0.25, -0.2) is 0 Å². The van der Waals surface area contributed by atoms with E-state index in [2.05, 4.69) is 11.4 Å². The van der Waals surface area contributed by atoms with Gasteiger partial charge in [-0.05, 0) is 49.4 Å². The van der Waals surface area contributed by atoms with Crippen LogP contribution in [-0.2, 0) is 20.4 Å². The van der Waals surface area contributed by atoms with Crippen LogP contribution in [0.25, 0.3) is 0 Å². The first-order chi connectivity index (χ1) is 14.6. The van der Waals surface area contributed by atoms with Crippen molar-refractivity contribution in [3.05, 3.63) is 64.7 Å². The lowest BCUT2D eigenvalue weighted by Crippen LogP contribution is -2.50. The van der Waals surface area contributed by atoms with Gasteiger partial charge in [0, 0.05) is 35.8 Å². The van der Waals surface area contributed by atoms with Crippen molar-refractivity contribution in [3.8, 4) is 5.75 Å². The average Bonchev–Trinajstić information content (AvgIpc) is 3.30. The molecule has 4 rings (SSSR count). The predicted octanol–water partition coefficient (Wildman–Crippen LogP) is 5.03. The normalized spacial score (nSPS) is 19.9. The zero-order chi connectivity index (χ0) is 21.0. The van der Waals surface area contributed by atoms with Crippen molar-refractivity contribution in [2.75, 3.05) is 26.9 Å². The Bertz CT molecular complexity index is 868. The molecule has 2 aromatic rings. The average molecular weight is 428 g/mol. The number of carbonyl (C=O) groups is 1. The van der Waals surface area contributed by atoms with Gasteiger partial charge >= 0.3 is 0 Å². The third-order valence-corrected chi connectivity index (χ3v) is 7.26. The highest BCUT2D eigenvalue weighted by molar-refractivity contribution is 6.30. The van der Waals surface area contributed by atoms with Crippen molar-refractivity contribution in [3.63, 3.8) is 0 Å². The number of halogens is 1. The molecule has 0 aromatic heterocycles. The summed E-state index contributed by atoms with van der Waals surface area (Å²) in [6.45, 7) is 1.97. The van der Waals surface area contributed by atoms with Crippen molar-refractivity contribution in [1.29, 1.82) is 0 Å². The van der Waals surface area contributed by atoms with Crippen LogP contribution in [-0.4, -0.2) is 32.8 Å². The van der Waals surface area contributed by atoms with Gasteiger partial charge in [0.1, 0.15) is 5.75 Å². The van der Waals surface area contributed by atoms with Gasteiger partial charge < -0.3 is 14.8 Å². The lowest BCUT2D eigenvalue weighted by Gasteiger charge is -2.40. The molecular weight excluding hydrogens is 398 g/mol. The number of amides is 1. The highest BCUT2D eigenvalue weighted by atomic mass is 35.5. The largest absolute Gasteiger partial charge is 0.496 e. The van der Waals surface area contributed by atoms with Crippen molar-refractivity contribution in [2.24, 2.45) is 0 Å². The smallest absolute Gasteiger partial charge is 0.230 e. The quantitative estimate of drug-likeness (QED) is 0.703. The van der Waals surface area contributed by atoms with Crippen LogP contribution < -0.4 is 10.1 Å². The van der Waals surface area contributed by atoms with Crippen LogP contribution in [0.5, 0.6) is 5.75 Å². The van der Waals surface area contributed by atoms with Gasteiger partial charge in [-0.1, -0.05) is 54.8 Å². The Morgan fingerprint density at radius 1 is 1.03 bits per heavy atom.